The fourth-order valence-corrected chi connectivity index (χ4v) is 4.04. The van der Waals surface area contributed by atoms with Crippen LogP contribution in [0, 0.1) is 0 Å². The molecular formula is C28H18ClNO3. The van der Waals surface area contributed by atoms with Crippen molar-refractivity contribution in [3.8, 4) is 11.3 Å². The number of para-hydroxylation sites is 1. The summed E-state index contributed by atoms with van der Waals surface area (Å²) in [6.07, 6.45) is 0. The minimum absolute atomic E-state index is 0.265. The average Bonchev–Trinajstić information content (AvgIpc) is 2.86. The van der Waals surface area contributed by atoms with Crippen molar-refractivity contribution < 1.29 is 14.3 Å². The minimum atomic E-state index is -0.587. The van der Waals surface area contributed by atoms with Gasteiger partial charge < -0.3 is 4.74 Å². The van der Waals surface area contributed by atoms with Crippen LogP contribution in [-0.4, -0.2) is 23.3 Å². The number of ketones is 1. The topological polar surface area (TPSA) is 56.3 Å². The van der Waals surface area contributed by atoms with Crippen molar-refractivity contribution in [3.63, 3.8) is 0 Å². The summed E-state index contributed by atoms with van der Waals surface area (Å²) in [7, 11) is 0. The molecule has 0 amide bonds. The number of rotatable bonds is 5. The molecule has 160 valence electrons. The van der Waals surface area contributed by atoms with Crippen molar-refractivity contribution in [2.75, 3.05) is 6.61 Å². The molecule has 5 aromatic rings. The third-order valence-corrected chi connectivity index (χ3v) is 5.82. The number of hydrogen-bond donors (Lipinski definition) is 0. The van der Waals surface area contributed by atoms with Gasteiger partial charge >= 0.3 is 5.97 Å². The molecule has 0 aliphatic rings. The number of fused-ring (bicyclic) bond motifs is 2. The SMILES string of the molecule is O=C(COC(=O)c1cc(-c2ccccc2Cl)nc2ccccc12)c1ccc2ccccc2c1. The van der Waals surface area contributed by atoms with Gasteiger partial charge in [-0.2, -0.15) is 0 Å². The monoisotopic (exact) mass is 451 g/mol. The molecule has 33 heavy (non-hydrogen) atoms. The van der Waals surface area contributed by atoms with Gasteiger partial charge in [0.15, 0.2) is 12.4 Å². The molecule has 5 rings (SSSR count). The third kappa shape index (κ3) is 4.21. The third-order valence-electron chi connectivity index (χ3n) is 5.49. The molecule has 0 bridgehead atoms. The molecule has 1 aromatic heterocycles. The minimum Gasteiger partial charge on any atom is -0.454 e. The number of nitrogens with zero attached hydrogens (tertiary/aromatic N) is 1. The van der Waals surface area contributed by atoms with Gasteiger partial charge in [0.05, 0.1) is 16.8 Å². The number of carbonyl (C=O) groups is 2. The van der Waals surface area contributed by atoms with Gasteiger partial charge in [-0.05, 0) is 35.0 Å². The highest BCUT2D eigenvalue weighted by Crippen LogP contribution is 2.30. The predicted octanol–water partition coefficient (Wildman–Crippen LogP) is 6.75. The van der Waals surface area contributed by atoms with Crippen LogP contribution < -0.4 is 0 Å². The molecule has 0 aliphatic carbocycles. The molecule has 0 saturated heterocycles. The van der Waals surface area contributed by atoms with Crippen LogP contribution in [0.1, 0.15) is 20.7 Å². The normalized spacial score (nSPS) is 10.9. The van der Waals surface area contributed by atoms with Crippen molar-refractivity contribution in [2.45, 2.75) is 0 Å². The summed E-state index contributed by atoms with van der Waals surface area (Å²) in [5.41, 5.74) is 2.75. The molecule has 0 unspecified atom stereocenters. The Balaban J connectivity index is 1.44. The molecule has 0 N–H and O–H groups in total. The summed E-state index contributed by atoms with van der Waals surface area (Å²) in [5, 5.41) is 3.18. The summed E-state index contributed by atoms with van der Waals surface area (Å²) >= 11 is 6.35. The van der Waals surface area contributed by atoms with Crippen LogP contribution in [0.3, 0.4) is 0 Å². The zero-order valence-corrected chi connectivity index (χ0v) is 18.3. The highest BCUT2D eigenvalue weighted by Gasteiger charge is 2.18. The second-order valence-electron chi connectivity index (χ2n) is 7.61. The molecule has 0 saturated carbocycles. The Kier molecular flexibility index (Phi) is 5.59. The van der Waals surface area contributed by atoms with E-state index in [0.717, 1.165) is 10.8 Å². The van der Waals surface area contributed by atoms with Crippen LogP contribution >= 0.6 is 11.6 Å². The fourth-order valence-electron chi connectivity index (χ4n) is 3.81. The Morgan fingerprint density at radius 1 is 0.788 bits per heavy atom. The number of hydrogen-bond acceptors (Lipinski definition) is 4. The fraction of sp³-hybridized carbons (Fsp3) is 0.0357. The quantitative estimate of drug-likeness (QED) is 0.219. The van der Waals surface area contributed by atoms with Crippen molar-refractivity contribution >= 4 is 45.0 Å². The lowest BCUT2D eigenvalue weighted by Crippen LogP contribution is -2.15. The lowest BCUT2D eigenvalue weighted by atomic mass is 10.0. The van der Waals surface area contributed by atoms with Crippen LogP contribution in [0.4, 0.5) is 0 Å². The number of Topliss-reactive ketones (excluding diaryl/α,β-unsaturated/α-hetero) is 1. The first-order valence-corrected chi connectivity index (χ1v) is 10.8. The Morgan fingerprint density at radius 3 is 2.36 bits per heavy atom. The second kappa shape index (κ2) is 8.85. The first kappa shape index (κ1) is 20.9. The van der Waals surface area contributed by atoms with E-state index in [0.29, 0.717) is 38.3 Å². The molecule has 0 spiro atoms. The first-order valence-electron chi connectivity index (χ1n) is 10.4. The lowest BCUT2D eigenvalue weighted by molar-refractivity contribution is 0.0477. The highest BCUT2D eigenvalue weighted by molar-refractivity contribution is 6.33. The van der Waals surface area contributed by atoms with Gasteiger partial charge in [-0.25, -0.2) is 9.78 Å². The second-order valence-corrected chi connectivity index (χ2v) is 8.02. The maximum Gasteiger partial charge on any atom is 0.339 e. The number of halogens is 1. The molecule has 0 fully saturated rings. The predicted molar refractivity (Wildman–Crippen MR) is 131 cm³/mol. The smallest absolute Gasteiger partial charge is 0.339 e. The van der Waals surface area contributed by atoms with E-state index >= 15 is 0 Å². The first-order chi connectivity index (χ1) is 16.1. The van der Waals surface area contributed by atoms with Crippen molar-refractivity contribution in [2.24, 2.45) is 0 Å². The Labute approximate surface area is 195 Å². The Hall–Kier alpha value is -4.02. The van der Waals surface area contributed by atoms with E-state index in [1.807, 2.05) is 72.8 Å². The standard InChI is InChI=1S/C28H18ClNO3/c29-24-11-5-3-10-22(24)26-16-23(21-9-4-6-12-25(21)30-26)28(32)33-17-27(31)20-14-13-18-7-1-2-8-19(18)15-20/h1-16H,17H2. The molecule has 0 aliphatic heterocycles. The Bertz CT molecular complexity index is 1530. The van der Waals surface area contributed by atoms with E-state index in [-0.39, 0.29) is 12.4 Å². The zero-order valence-electron chi connectivity index (χ0n) is 17.5. The van der Waals surface area contributed by atoms with Gasteiger partial charge in [0.25, 0.3) is 0 Å². The Morgan fingerprint density at radius 2 is 1.52 bits per heavy atom. The van der Waals surface area contributed by atoms with E-state index in [4.69, 9.17) is 16.3 Å². The van der Waals surface area contributed by atoms with Gasteiger partial charge in [0.1, 0.15) is 0 Å². The van der Waals surface area contributed by atoms with Crippen LogP contribution in [-0.2, 0) is 4.74 Å². The summed E-state index contributed by atoms with van der Waals surface area (Å²) in [6.45, 7) is -0.352. The van der Waals surface area contributed by atoms with Gasteiger partial charge in [-0.15, -0.1) is 0 Å². The average molecular weight is 452 g/mol. The summed E-state index contributed by atoms with van der Waals surface area (Å²) in [5.74, 6) is -0.852. The molecule has 0 atom stereocenters. The van der Waals surface area contributed by atoms with Crippen LogP contribution in [0.2, 0.25) is 5.02 Å². The van der Waals surface area contributed by atoms with Gasteiger partial charge in [-0.3, -0.25) is 4.79 Å². The van der Waals surface area contributed by atoms with E-state index in [9.17, 15) is 9.59 Å². The lowest BCUT2D eigenvalue weighted by Gasteiger charge is -2.11. The van der Waals surface area contributed by atoms with Gasteiger partial charge in [-0.1, -0.05) is 84.4 Å². The molecular weight excluding hydrogens is 434 g/mol. The van der Waals surface area contributed by atoms with E-state index in [1.54, 1.807) is 24.3 Å². The van der Waals surface area contributed by atoms with E-state index < -0.39 is 5.97 Å². The number of esters is 1. The van der Waals surface area contributed by atoms with Crippen molar-refractivity contribution in [3.05, 3.63) is 113 Å². The van der Waals surface area contributed by atoms with E-state index in [1.165, 1.54) is 0 Å². The zero-order chi connectivity index (χ0) is 22.8. The highest BCUT2D eigenvalue weighted by atomic mass is 35.5. The van der Waals surface area contributed by atoms with E-state index in [2.05, 4.69) is 4.98 Å². The maximum absolute atomic E-state index is 13.0. The van der Waals surface area contributed by atoms with Gasteiger partial charge in [0, 0.05) is 21.5 Å². The summed E-state index contributed by atoms with van der Waals surface area (Å²) in [6, 6.07) is 29.5. The van der Waals surface area contributed by atoms with Crippen LogP contribution in [0.5, 0.6) is 0 Å². The molecule has 4 nitrogen and oxygen atoms in total. The van der Waals surface area contributed by atoms with Crippen LogP contribution in [0.25, 0.3) is 32.9 Å². The summed E-state index contributed by atoms with van der Waals surface area (Å²) < 4.78 is 5.44. The maximum atomic E-state index is 13.0. The molecule has 4 aromatic carbocycles. The number of aromatic nitrogens is 1. The number of ether oxygens (including phenoxy) is 1. The number of benzene rings is 4. The van der Waals surface area contributed by atoms with Crippen molar-refractivity contribution in [1.29, 1.82) is 0 Å². The van der Waals surface area contributed by atoms with Crippen molar-refractivity contribution in [1.82, 2.24) is 4.98 Å². The van der Waals surface area contributed by atoms with Crippen LogP contribution in [0.15, 0.2) is 97.1 Å². The molecule has 0 radical (unpaired) electrons. The summed E-state index contributed by atoms with van der Waals surface area (Å²) in [4.78, 5) is 30.4. The molecule has 1 heterocycles. The number of carbonyl (C=O) groups excluding carboxylic acids is 2. The van der Waals surface area contributed by atoms with Gasteiger partial charge in [0.2, 0.25) is 0 Å². The largest absolute Gasteiger partial charge is 0.454 e. The number of pyridine rings is 1. The molecule has 5 heteroatoms.